The van der Waals surface area contributed by atoms with Gasteiger partial charge in [0.1, 0.15) is 0 Å². The molecule has 0 unspecified atom stereocenters. The molecule has 5 nitrogen and oxygen atoms in total. The lowest BCUT2D eigenvalue weighted by Gasteiger charge is -2.24. The molecule has 3 atom stereocenters. The summed E-state index contributed by atoms with van der Waals surface area (Å²) in [6, 6.07) is 8.07. The van der Waals surface area contributed by atoms with Crippen LogP contribution in [0.4, 0.5) is 0 Å². The van der Waals surface area contributed by atoms with Crippen LogP contribution < -0.4 is 0 Å². The highest BCUT2D eigenvalue weighted by Crippen LogP contribution is 2.39. The molecule has 2 aromatic heterocycles. The van der Waals surface area contributed by atoms with Crippen molar-refractivity contribution in [1.82, 2.24) is 14.5 Å². The first-order valence-electron chi connectivity index (χ1n) is 8.64. The minimum absolute atomic E-state index is 0.00291. The maximum atomic E-state index is 12.7. The number of hydrogen-bond acceptors (Lipinski definition) is 3. The summed E-state index contributed by atoms with van der Waals surface area (Å²) in [5, 5.41) is 0. The van der Waals surface area contributed by atoms with Gasteiger partial charge >= 0.3 is 0 Å². The predicted molar refractivity (Wildman–Crippen MR) is 89.9 cm³/mol. The smallest absolute Gasteiger partial charge is 0.226 e. The second-order valence-corrected chi connectivity index (χ2v) is 6.98. The summed E-state index contributed by atoms with van der Waals surface area (Å²) >= 11 is 0. The van der Waals surface area contributed by atoms with Crippen LogP contribution in [0.3, 0.4) is 0 Å². The quantitative estimate of drug-likeness (QED) is 0.867. The molecular formula is C19H23N3O2. The Morgan fingerprint density at radius 1 is 1.33 bits per heavy atom. The Labute approximate surface area is 142 Å². The summed E-state index contributed by atoms with van der Waals surface area (Å²) in [6.45, 7) is 4.80. The van der Waals surface area contributed by atoms with Gasteiger partial charge in [0.2, 0.25) is 5.91 Å². The topological polar surface area (TPSA) is 47.4 Å². The van der Waals surface area contributed by atoms with Crippen molar-refractivity contribution < 1.29 is 9.53 Å². The predicted octanol–water partition coefficient (Wildman–Crippen LogP) is 2.47. The van der Waals surface area contributed by atoms with E-state index in [2.05, 4.69) is 28.7 Å². The molecule has 0 bridgehead atoms. The van der Waals surface area contributed by atoms with Gasteiger partial charge in [-0.3, -0.25) is 9.78 Å². The van der Waals surface area contributed by atoms with Crippen LogP contribution in [0.5, 0.6) is 0 Å². The van der Waals surface area contributed by atoms with E-state index in [1.54, 1.807) is 6.20 Å². The monoisotopic (exact) mass is 325 g/mol. The third kappa shape index (κ3) is 3.22. The van der Waals surface area contributed by atoms with Crippen molar-refractivity contribution in [2.24, 2.45) is 11.8 Å². The van der Waals surface area contributed by atoms with Crippen molar-refractivity contribution in [3.05, 3.63) is 54.1 Å². The Balaban J connectivity index is 1.48. The molecule has 1 aliphatic heterocycles. The SMILES string of the molecule is C[C@@H]1C[C@@H]1C(=O)N1Cc2cccn2C[C@@H](OCc2cccnc2)C1. The molecule has 2 aliphatic rings. The summed E-state index contributed by atoms with van der Waals surface area (Å²) in [4.78, 5) is 18.8. The number of carbonyl (C=O) groups excluding carboxylic acids is 1. The van der Waals surface area contributed by atoms with Crippen LogP contribution in [0.1, 0.15) is 24.6 Å². The fourth-order valence-corrected chi connectivity index (χ4v) is 3.43. The van der Waals surface area contributed by atoms with Crippen LogP contribution in [0, 0.1) is 11.8 Å². The number of fused-ring (bicyclic) bond motifs is 1. The largest absolute Gasteiger partial charge is 0.370 e. The zero-order valence-corrected chi connectivity index (χ0v) is 14.0. The minimum atomic E-state index is -0.00291. The Bertz CT molecular complexity index is 712. The zero-order valence-electron chi connectivity index (χ0n) is 14.0. The standard InChI is InChI=1S/C19H23N3O2/c1-14-8-18(14)19(23)22-10-16-5-3-7-21(16)11-17(12-22)24-13-15-4-2-6-20-9-15/h2-7,9,14,17-18H,8,10-13H2,1H3/t14-,17-,18+/m1/s1. The van der Waals surface area contributed by atoms with E-state index in [0.29, 0.717) is 25.6 Å². The lowest BCUT2D eigenvalue weighted by Crippen LogP contribution is -2.38. The van der Waals surface area contributed by atoms with Gasteiger partial charge in [0.15, 0.2) is 0 Å². The molecule has 1 saturated carbocycles. The first kappa shape index (κ1) is 15.4. The number of aromatic nitrogens is 2. The van der Waals surface area contributed by atoms with Crippen molar-refractivity contribution in [2.75, 3.05) is 6.54 Å². The van der Waals surface area contributed by atoms with Crippen LogP contribution in [0.2, 0.25) is 0 Å². The summed E-state index contributed by atoms with van der Waals surface area (Å²) < 4.78 is 8.33. The van der Waals surface area contributed by atoms with Crippen LogP contribution in [0.25, 0.3) is 0 Å². The Morgan fingerprint density at radius 3 is 2.96 bits per heavy atom. The third-order valence-corrected chi connectivity index (χ3v) is 5.05. The Morgan fingerprint density at radius 2 is 2.21 bits per heavy atom. The van der Waals surface area contributed by atoms with Crippen molar-refractivity contribution in [3.8, 4) is 0 Å². The molecule has 5 heteroatoms. The summed E-state index contributed by atoms with van der Waals surface area (Å²) in [5.41, 5.74) is 2.24. The number of rotatable bonds is 4. The molecule has 4 rings (SSSR count). The molecule has 0 N–H and O–H groups in total. The summed E-state index contributed by atoms with van der Waals surface area (Å²) in [6.07, 6.45) is 6.68. The maximum Gasteiger partial charge on any atom is 0.226 e. The molecule has 0 radical (unpaired) electrons. The third-order valence-electron chi connectivity index (χ3n) is 5.05. The molecule has 126 valence electrons. The minimum Gasteiger partial charge on any atom is -0.370 e. The van der Waals surface area contributed by atoms with Gasteiger partial charge < -0.3 is 14.2 Å². The molecule has 1 amide bonds. The summed E-state index contributed by atoms with van der Waals surface area (Å²) in [7, 11) is 0. The second-order valence-electron chi connectivity index (χ2n) is 6.98. The van der Waals surface area contributed by atoms with Crippen LogP contribution >= 0.6 is 0 Å². The molecule has 0 spiro atoms. The van der Waals surface area contributed by atoms with E-state index in [1.807, 2.05) is 29.3 Å². The van der Waals surface area contributed by atoms with Gasteiger partial charge in [-0.05, 0) is 36.1 Å². The number of pyridine rings is 1. The van der Waals surface area contributed by atoms with Crippen LogP contribution in [-0.4, -0.2) is 33.0 Å². The van der Waals surface area contributed by atoms with E-state index >= 15 is 0 Å². The van der Waals surface area contributed by atoms with E-state index in [4.69, 9.17) is 4.74 Å². The number of carbonyl (C=O) groups is 1. The number of ether oxygens (including phenoxy) is 1. The van der Waals surface area contributed by atoms with Crippen LogP contribution in [0.15, 0.2) is 42.9 Å². The molecule has 0 aromatic carbocycles. The van der Waals surface area contributed by atoms with Gasteiger partial charge in [0.05, 0.1) is 25.8 Å². The average Bonchev–Trinajstić information content (AvgIpc) is 3.23. The fraction of sp³-hybridized carbons (Fsp3) is 0.474. The average molecular weight is 325 g/mol. The molecule has 3 heterocycles. The Kier molecular flexibility index (Phi) is 4.10. The normalized spacial score (nSPS) is 25.9. The van der Waals surface area contributed by atoms with Gasteiger partial charge in [-0.1, -0.05) is 13.0 Å². The van der Waals surface area contributed by atoms with E-state index in [9.17, 15) is 4.79 Å². The highest BCUT2D eigenvalue weighted by atomic mass is 16.5. The number of amides is 1. The van der Waals surface area contributed by atoms with E-state index < -0.39 is 0 Å². The van der Waals surface area contributed by atoms with Gasteiger partial charge in [0.25, 0.3) is 0 Å². The molecule has 2 aromatic rings. The van der Waals surface area contributed by atoms with Crippen molar-refractivity contribution in [3.63, 3.8) is 0 Å². The second kappa shape index (κ2) is 6.40. The van der Waals surface area contributed by atoms with Gasteiger partial charge in [-0.15, -0.1) is 0 Å². The highest BCUT2D eigenvalue weighted by molar-refractivity contribution is 5.81. The maximum absolute atomic E-state index is 12.7. The summed E-state index contributed by atoms with van der Waals surface area (Å²) in [5.74, 6) is 1.03. The molecule has 24 heavy (non-hydrogen) atoms. The first-order valence-corrected chi connectivity index (χ1v) is 8.64. The first-order chi connectivity index (χ1) is 11.7. The zero-order chi connectivity index (χ0) is 16.5. The van der Waals surface area contributed by atoms with Crippen molar-refractivity contribution in [1.29, 1.82) is 0 Å². The van der Waals surface area contributed by atoms with Gasteiger partial charge in [0, 0.05) is 36.7 Å². The number of nitrogens with zero attached hydrogens (tertiary/aromatic N) is 3. The lowest BCUT2D eigenvalue weighted by atomic mass is 10.2. The molecule has 1 fully saturated rings. The van der Waals surface area contributed by atoms with Crippen molar-refractivity contribution >= 4 is 5.91 Å². The van der Waals surface area contributed by atoms with Gasteiger partial charge in [-0.2, -0.15) is 0 Å². The van der Waals surface area contributed by atoms with Gasteiger partial charge in [-0.25, -0.2) is 0 Å². The molecular weight excluding hydrogens is 302 g/mol. The lowest BCUT2D eigenvalue weighted by molar-refractivity contribution is -0.135. The fourth-order valence-electron chi connectivity index (χ4n) is 3.43. The van der Waals surface area contributed by atoms with Crippen LogP contribution in [-0.2, 0) is 29.2 Å². The van der Waals surface area contributed by atoms with E-state index in [0.717, 1.165) is 18.5 Å². The molecule has 0 saturated heterocycles. The van der Waals surface area contributed by atoms with E-state index in [-0.39, 0.29) is 17.9 Å². The van der Waals surface area contributed by atoms with E-state index in [1.165, 1.54) is 5.69 Å². The number of hydrogen-bond donors (Lipinski definition) is 0. The molecule has 1 aliphatic carbocycles. The van der Waals surface area contributed by atoms with Crippen molar-refractivity contribution in [2.45, 2.75) is 39.1 Å². The Hall–Kier alpha value is -2.14. The highest BCUT2D eigenvalue weighted by Gasteiger charge is 2.42.